The van der Waals surface area contributed by atoms with Crippen LogP contribution in [0.25, 0.3) is 6.08 Å². The smallest absolute Gasteiger partial charge is 0.335 e. The monoisotopic (exact) mass is 433 g/mol. The zero-order chi connectivity index (χ0) is 22.1. The van der Waals surface area contributed by atoms with Crippen molar-refractivity contribution in [3.8, 4) is 0 Å². The number of barbiturate groups is 1. The Morgan fingerprint density at radius 1 is 1.00 bits per heavy atom. The van der Waals surface area contributed by atoms with Crippen molar-refractivity contribution in [2.75, 3.05) is 4.90 Å². The maximum absolute atomic E-state index is 13.1. The summed E-state index contributed by atoms with van der Waals surface area (Å²) in [5, 5.41) is 2.66. The predicted octanol–water partition coefficient (Wildman–Crippen LogP) is 4.47. The number of halogens is 1. The number of aromatic nitrogens is 1. The third-order valence-electron chi connectivity index (χ3n) is 5.11. The van der Waals surface area contributed by atoms with E-state index in [0.29, 0.717) is 22.9 Å². The lowest BCUT2D eigenvalue weighted by Gasteiger charge is -2.26. The van der Waals surface area contributed by atoms with E-state index in [9.17, 15) is 14.4 Å². The number of benzene rings is 2. The Labute approximate surface area is 184 Å². The second-order valence-corrected chi connectivity index (χ2v) is 7.85. The van der Waals surface area contributed by atoms with Crippen LogP contribution in [0.1, 0.15) is 22.4 Å². The number of carbonyl (C=O) groups excluding carboxylic acids is 3. The molecule has 4 rings (SSSR count). The van der Waals surface area contributed by atoms with Crippen LogP contribution in [0.2, 0.25) is 5.02 Å². The number of anilines is 1. The molecule has 1 aliphatic rings. The molecule has 6 nitrogen and oxygen atoms in total. The number of nitrogens with one attached hydrogen (secondary N) is 1. The quantitative estimate of drug-likeness (QED) is 0.487. The largest absolute Gasteiger partial charge is 0.344 e. The van der Waals surface area contributed by atoms with Crippen molar-refractivity contribution in [2.24, 2.45) is 0 Å². The third-order valence-corrected chi connectivity index (χ3v) is 5.51. The van der Waals surface area contributed by atoms with E-state index in [4.69, 9.17) is 11.6 Å². The highest BCUT2D eigenvalue weighted by atomic mass is 35.5. The lowest BCUT2D eigenvalue weighted by molar-refractivity contribution is -0.122. The second-order valence-electron chi connectivity index (χ2n) is 7.44. The van der Waals surface area contributed by atoms with E-state index < -0.39 is 17.8 Å². The van der Waals surface area contributed by atoms with Gasteiger partial charge in [-0.2, -0.15) is 0 Å². The SMILES string of the molecule is Cc1cccc(Cn2cccc2/C=C2\C(=O)NC(=O)N(c3ccc(C)c(Cl)c3)C2=O)c1. The van der Waals surface area contributed by atoms with Crippen molar-refractivity contribution < 1.29 is 14.4 Å². The minimum Gasteiger partial charge on any atom is -0.344 e. The average Bonchev–Trinajstić information content (AvgIpc) is 3.14. The van der Waals surface area contributed by atoms with Crippen molar-refractivity contribution in [2.45, 2.75) is 20.4 Å². The molecule has 0 atom stereocenters. The first-order valence-corrected chi connectivity index (χ1v) is 10.1. The van der Waals surface area contributed by atoms with Gasteiger partial charge in [0.25, 0.3) is 11.8 Å². The number of amides is 4. The van der Waals surface area contributed by atoms with Crippen LogP contribution in [-0.2, 0) is 16.1 Å². The molecule has 1 N–H and O–H groups in total. The number of carbonyl (C=O) groups is 3. The number of hydrogen-bond donors (Lipinski definition) is 1. The zero-order valence-electron chi connectivity index (χ0n) is 17.1. The zero-order valence-corrected chi connectivity index (χ0v) is 17.8. The fraction of sp³-hybridized carbons (Fsp3) is 0.125. The lowest BCUT2D eigenvalue weighted by atomic mass is 10.1. The summed E-state index contributed by atoms with van der Waals surface area (Å²) in [5.41, 5.74) is 3.91. The van der Waals surface area contributed by atoms with Gasteiger partial charge in [0.15, 0.2) is 0 Å². The molecule has 0 spiro atoms. The highest BCUT2D eigenvalue weighted by Gasteiger charge is 2.37. The third kappa shape index (κ3) is 4.15. The Kier molecular flexibility index (Phi) is 5.48. The second kappa shape index (κ2) is 8.24. The van der Waals surface area contributed by atoms with Gasteiger partial charge in [-0.3, -0.25) is 14.9 Å². The van der Waals surface area contributed by atoms with Gasteiger partial charge in [0.1, 0.15) is 5.57 Å². The van der Waals surface area contributed by atoms with Gasteiger partial charge < -0.3 is 4.57 Å². The minimum atomic E-state index is -0.804. The fourth-order valence-corrected chi connectivity index (χ4v) is 3.65. The maximum atomic E-state index is 13.1. The Bertz CT molecular complexity index is 1240. The number of rotatable bonds is 4. The summed E-state index contributed by atoms with van der Waals surface area (Å²) < 4.78 is 1.94. The number of aryl methyl sites for hydroxylation is 2. The molecular formula is C24H20ClN3O3. The Morgan fingerprint density at radius 3 is 2.55 bits per heavy atom. The standard InChI is InChI=1S/C24H20ClN3O3/c1-15-5-3-6-17(11-15)14-27-10-4-7-18(27)12-20-22(29)26-24(31)28(23(20)30)19-9-8-16(2)21(25)13-19/h3-13H,14H2,1-2H3,(H,26,29,31)/b20-12+. The van der Waals surface area contributed by atoms with E-state index in [2.05, 4.69) is 11.4 Å². The van der Waals surface area contributed by atoms with E-state index in [-0.39, 0.29) is 5.57 Å². The average molecular weight is 434 g/mol. The summed E-state index contributed by atoms with van der Waals surface area (Å²) in [4.78, 5) is 38.9. The summed E-state index contributed by atoms with van der Waals surface area (Å²) in [6.45, 7) is 4.43. The first kappa shape index (κ1) is 20.6. The fourth-order valence-electron chi connectivity index (χ4n) is 3.47. The van der Waals surface area contributed by atoms with E-state index in [1.807, 2.05) is 54.9 Å². The number of nitrogens with zero attached hydrogens (tertiary/aromatic N) is 2. The van der Waals surface area contributed by atoms with E-state index in [1.165, 1.54) is 12.1 Å². The van der Waals surface area contributed by atoms with Gasteiger partial charge in [-0.25, -0.2) is 9.69 Å². The molecule has 7 heteroatoms. The summed E-state index contributed by atoms with van der Waals surface area (Å²) in [5.74, 6) is -1.43. The molecule has 31 heavy (non-hydrogen) atoms. The highest BCUT2D eigenvalue weighted by Crippen LogP contribution is 2.26. The molecule has 0 unspecified atom stereocenters. The Hall–Kier alpha value is -3.64. The number of urea groups is 1. The summed E-state index contributed by atoms with van der Waals surface area (Å²) in [6.07, 6.45) is 3.38. The molecule has 3 aromatic rings. The molecule has 156 valence electrons. The van der Waals surface area contributed by atoms with Crippen molar-refractivity contribution in [1.82, 2.24) is 9.88 Å². The van der Waals surface area contributed by atoms with Crippen molar-refractivity contribution >= 4 is 41.2 Å². The first-order chi connectivity index (χ1) is 14.8. The van der Waals surface area contributed by atoms with Gasteiger partial charge in [-0.05, 0) is 55.3 Å². The molecule has 2 heterocycles. The van der Waals surface area contributed by atoms with Gasteiger partial charge in [0.2, 0.25) is 0 Å². The van der Waals surface area contributed by atoms with Gasteiger partial charge in [0.05, 0.1) is 5.69 Å². The van der Waals surface area contributed by atoms with Gasteiger partial charge >= 0.3 is 6.03 Å². The van der Waals surface area contributed by atoms with Gasteiger partial charge in [-0.15, -0.1) is 0 Å². The summed E-state index contributed by atoms with van der Waals surface area (Å²) in [6, 6.07) is 15.8. The molecule has 0 bridgehead atoms. The van der Waals surface area contributed by atoms with Gasteiger partial charge in [-0.1, -0.05) is 47.5 Å². The minimum absolute atomic E-state index is 0.125. The van der Waals surface area contributed by atoms with Crippen LogP contribution in [0.5, 0.6) is 0 Å². The topological polar surface area (TPSA) is 71.4 Å². The predicted molar refractivity (Wildman–Crippen MR) is 120 cm³/mol. The molecule has 1 fully saturated rings. The van der Waals surface area contributed by atoms with E-state index in [1.54, 1.807) is 12.1 Å². The molecule has 2 aromatic carbocycles. The molecule has 0 radical (unpaired) electrons. The molecule has 4 amide bonds. The van der Waals surface area contributed by atoms with Gasteiger partial charge in [0, 0.05) is 23.5 Å². The Morgan fingerprint density at radius 2 is 1.81 bits per heavy atom. The van der Waals surface area contributed by atoms with Crippen molar-refractivity contribution in [3.05, 3.63) is 93.8 Å². The van der Waals surface area contributed by atoms with Crippen LogP contribution in [0.4, 0.5) is 10.5 Å². The summed E-state index contributed by atoms with van der Waals surface area (Å²) in [7, 11) is 0. The van der Waals surface area contributed by atoms with E-state index >= 15 is 0 Å². The molecular weight excluding hydrogens is 414 g/mol. The highest BCUT2D eigenvalue weighted by molar-refractivity contribution is 6.39. The first-order valence-electron chi connectivity index (χ1n) is 9.72. The molecule has 0 saturated carbocycles. The molecule has 1 aromatic heterocycles. The molecule has 1 aliphatic heterocycles. The van der Waals surface area contributed by atoms with Crippen LogP contribution in [0, 0.1) is 13.8 Å². The van der Waals surface area contributed by atoms with Crippen LogP contribution in [0.3, 0.4) is 0 Å². The van der Waals surface area contributed by atoms with Crippen LogP contribution in [0.15, 0.2) is 66.4 Å². The van der Waals surface area contributed by atoms with Crippen LogP contribution < -0.4 is 10.2 Å². The number of imide groups is 2. The normalized spacial score (nSPS) is 15.5. The van der Waals surface area contributed by atoms with Crippen LogP contribution in [-0.4, -0.2) is 22.4 Å². The van der Waals surface area contributed by atoms with Crippen molar-refractivity contribution in [1.29, 1.82) is 0 Å². The lowest BCUT2D eigenvalue weighted by Crippen LogP contribution is -2.54. The summed E-state index contributed by atoms with van der Waals surface area (Å²) >= 11 is 6.16. The Balaban J connectivity index is 1.68. The maximum Gasteiger partial charge on any atom is 0.335 e. The molecule has 1 saturated heterocycles. The van der Waals surface area contributed by atoms with Crippen molar-refractivity contribution in [3.63, 3.8) is 0 Å². The van der Waals surface area contributed by atoms with Crippen LogP contribution >= 0.6 is 11.6 Å². The van der Waals surface area contributed by atoms with E-state index in [0.717, 1.165) is 21.6 Å². The number of hydrogen-bond acceptors (Lipinski definition) is 3. The molecule has 0 aliphatic carbocycles.